The molecule has 1 N–H and O–H groups in total. The highest BCUT2D eigenvalue weighted by Crippen LogP contribution is 2.39. The molecular formula is C25H32N2O3. The van der Waals surface area contributed by atoms with E-state index in [4.69, 9.17) is 4.74 Å². The number of anilines is 1. The monoisotopic (exact) mass is 408 g/mol. The lowest BCUT2D eigenvalue weighted by molar-refractivity contribution is -0.126. The topological polar surface area (TPSA) is 58.6 Å². The summed E-state index contributed by atoms with van der Waals surface area (Å²) >= 11 is 0. The van der Waals surface area contributed by atoms with Crippen LogP contribution in [0.2, 0.25) is 0 Å². The number of amides is 2. The smallest absolute Gasteiger partial charge is 0.254 e. The lowest BCUT2D eigenvalue weighted by atomic mass is 9.87. The van der Waals surface area contributed by atoms with E-state index in [1.165, 1.54) is 12.5 Å². The second kappa shape index (κ2) is 8.50. The number of rotatable bonds is 6. The maximum absolute atomic E-state index is 13.0. The first-order valence-electron chi connectivity index (χ1n) is 10.5. The molecule has 5 heteroatoms. The summed E-state index contributed by atoms with van der Waals surface area (Å²) in [6.07, 6.45) is 0.701. The molecule has 0 unspecified atom stereocenters. The van der Waals surface area contributed by atoms with Gasteiger partial charge in [-0.3, -0.25) is 9.59 Å². The van der Waals surface area contributed by atoms with Crippen molar-refractivity contribution in [2.24, 2.45) is 0 Å². The lowest BCUT2D eigenvalue weighted by Gasteiger charge is -2.20. The molecule has 2 amide bonds. The number of benzene rings is 2. The second-order valence-electron chi connectivity index (χ2n) is 9.12. The normalized spacial score (nSPS) is 15.9. The molecule has 0 radical (unpaired) electrons. The fourth-order valence-electron chi connectivity index (χ4n) is 4.01. The maximum atomic E-state index is 13.0. The minimum Gasteiger partial charge on any atom is -0.494 e. The third-order valence-electron chi connectivity index (χ3n) is 5.43. The quantitative estimate of drug-likeness (QED) is 0.711. The van der Waals surface area contributed by atoms with E-state index in [0.29, 0.717) is 19.6 Å². The van der Waals surface area contributed by atoms with Crippen molar-refractivity contribution in [2.45, 2.75) is 59.4 Å². The number of fused-ring (bicyclic) bond motifs is 1. The Bertz CT molecular complexity index is 942. The molecule has 160 valence electrons. The van der Waals surface area contributed by atoms with Crippen LogP contribution >= 0.6 is 0 Å². The first kappa shape index (κ1) is 21.9. The molecule has 0 saturated carbocycles. The molecule has 2 aromatic rings. The van der Waals surface area contributed by atoms with Crippen molar-refractivity contribution in [2.75, 3.05) is 18.1 Å². The van der Waals surface area contributed by atoms with Gasteiger partial charge in [0.15, 0.2) is 0 Å². The van der Waals surface area contributed by atoms with Crippen LogP contribution in [0.4, 0.5) is 5.69 Å². The average molecular weight is 409 g/mol. The molecule has 1 atom stereocenters. The lowest BCUT2D eigenvalue weighted by Crippen LogP contribution is -2.37. The van der Waals surface area contributed by atoms with Gasteiger partial charge in [0.2, 0.25) is 5.91 Å². The van der Waals surface area contributed by atoms with Gasteiger partial charge in [-0.15, -0.1) is 0 Å². The van der Waals surface area contributed by atoms with E-state index in [1.54, 1.807) is 4.90 Å². The van der Waals surface area contributed by atoms with Gasteiger partial charge in [-0.2, -0.15) is 0 Å². The third-order valence-corrected chi connectivity index (χ3v) is 5.43. The number of hydrogen-bond acceptors (Lipinski definition) is 3. The Morgan fingerprint density at radius 1 is 1.13 bits per heavy atom. The number of nitrogens with one attached hydrogen (secondary N) is 1. The molecule has 0 saturated heterocycles. The Morgan fingerprint density at radius 2 is 1.80 bits per heavy atom. The molecule has 1 aliphatic rings. The molecule has 2 aromatic carbocycles. The standard InChI is InChI=1S/C25H32N2O3/c1-16-14-17(2)23-21(15-16)22(26-18(3)28)24(29)27(23)12-7-13-30-20-10-8-19(9-11-20)25(4,5)6/h8-11,14-15,22H,7,12-13H2,1-6H3,(H,26,28)/t22-/m1/s1. The Labute approximate surface area is 179 Å². The predicted molar refractivity (Wildman–Crippen MR) is 120 cm³/mol. The van der Waals surface area contributed by atoms with Gasteiger partial charge in [0.05, 0.1) is 12.3 Å². The molecule has 0 aromatic heterocycles. The van der Waals surface area contributed by atoms with Gasteiger partial charge in [0, 0.05) is 19.0 Å². The summed E-state index contributed by atoms with van der Waals surface area (Å²) in [5.41, 5.74) is 5.31. The van der Waals surface area contributed by atoms with Gasteiger partial charge in [0.25, 0.3) is 5.91 Å². The zero-order chi connectivity index (χ0) is 22.1. The highest BCUT2D eigenvalue weighted by Gasteiger charge is 2.38. The molecule has 1 heterocycles. The van der Waals surface area contributed by atoms with Gasteiger partial charge in [0.1, 0.15) is 11.8 Å². The highest BCUT2D eigenvalue weighted by atomic mass is 16.5. The first-order valence-corrected chi connectivity index (χ1v) is 10.5. The van der Waals surface area contributed by atoms with Crippen molar-refractivity contribution < 1.29 is 14.3 Å². The number of carbonyl (C=O) groups excluding carboxylic acids is 2. The molecule has 30 heavy (non-hydrogen) atoms. The van der Waals surface area contributed by atoms with Crippen molar-refractivity contribution >= 4 is 17.5 Å². The fraction of sp³-hybridized carbons (Fsp3) is 0.440. The van der Waals surface area contributed by atoms with E-state index in [9.17, 15) is 9.59 Å². The van der Waals surface area contributed by atoms with E-state index < -0.39 is 6.04 Å². The van der Waals surface area contributed by atoms with Crippen LogP contribution in [0, 0.1) is 13.8 Å². The van der Waals surface area contributed by atoms with Gasteiger partial charge >= 0.3 is 0 Å². The zero-order valence-electron chi connectivity index (χ0n) is 18.8. The highest BCUT2D eigenvalue weighted by molar-refractivity contribution is 6.06. The van der Waals surface area contributed by atoms with E-state index in [-0.39, 0.29) is 17.2 Å². The minimum atomic E-state index is -0.609. The van der Waals surface area contributed by atoms with Crippen molar-refractivity contribution in [3.05, 3.63) is 58.7 Å². The van der Waals surface area contributed by atoms with Gasteiger partial charge in [-0.1, -0.05) is 50.6 Å². The Morgan fingerprint density at radius 3 is 2.40 bits per heavy atom. The minimum absolute atomic E-state index is 0.0802. The van der Waals surface area contributed by atoms with E-state index in [0.717, 1.165) is 28.1 Å². The summed E-state index contributed by atoms with van der Waals surface area (Å²) in [5, 5.41) is 2.80. The van der Waals surface area contributed by atoms with Crippen molar-refractivity contribution in [3.63, 3.8) is 0 Å². The van der Waals surface area contributed by atoms with Crippen LogP contribution < -0.4 is 15.0 Å². The molecule has 0 fully saturated rings. The van der Waals surface area contributed by atoms with Crippen molar-refractivity contribution in [1.29, 1.82) is 0 Å². The number of aryl methyl sites for hydroxylation is 2. The van der Waals surface area contributed by atoms with Gasteiger partial charge in [-0.05, 0) is 48.9 Å². The van der Waals surface area contributed by atoms with Crippen LogP contribution in [0.15, 0.2) is 36.4 Å². The number of ether oxygens (including phenoxy) is 1. The summed E-state index contributed by atoms with van der Waals surface area (Å²) in [6, 6.07) is 11.6. The van der Waals surface area contributed by atoms with Crippen LogP contribution in [0.5, 0.6) is 5.75 Å². The predicted octanol–water partition coefficient (Wildman–Crippen LogP) is 4.59. The largest absolute Gasteiger partial charge is 0.494 e. The summed E-state index contributed by atoms with van der Waals surface area (Å²) in [4.78, 5) is 26.4. The Kier molecular flexibility index (Phi) is 6.20. The van der Waals surface area contributed by atoms with Crippen LogP contribution in [-0.2, 0) is 15.0 Å². The van der Waals surface area contributed by atoms with Crippen LogP contribution in [-0.4, -0.2) is 25.0 Å². The Hall–Kier alpha value is -2.82. The SMILES string of the molecule is CC(=O)N[C@H]1C(=O)N(CCCOc2ccc(C(C)(C)C)cc2)c2c(C)cc(C)cc21. The van der Waals surface area contributed by atoms with E-state index in [1.807, 2.05) is 32.0 Å². The maximum Gasteiger partial charge on any atom is 0.254 e. The molecule has 1 aliphatic heterocycles. The molecule has 5 nitrogen and oxygen atoms in total. The number of nitrogens with zero attached hydrogens (tertiary/aromatic N) is 1. The molecule has 3 rings (SSSR count). The first-order chi connectivity index (χ1) is 14.1. The van der Waals surface area contributed by atoms with E-state index in [2.05, 4.69) is 44.3 Å². The third kappa shape index (κ3) is 4.66. The molecule has 0 aliphatic carbocycles. The average Bonchev–Trinajstić information content (AvgIpc) is 2.90. The van der Waals surface area contributed by atoms with Gasteiger partial charge in [-0.25, -0.2) is 0 Å². The summed E-state index contributed by atoms with van der Waals surface area (Å²) < 4.78 is 5.89. The second-order valence-corrected chi connectivity index (χ2v) is 9.12. The summed E-state index contributed by atoms with van der Waals surface area (Å²) in [7, 11) is 0. The van der Waals surface area contributed by atoms with Gasteiger partial charge < -0.3 is 15.0 Å². The van der Waals surface area contributed by atoms with Crippen LogP contribution in [0.3, 0.4) is 0 Å². The van der Waals surface area contributed by atoms with Crippen molar-refractivity contribution in [3.8, 4) is 5.75 Å². The molecule has 0 spiro atoms. The molecular weight excluding hydrogens is 376 g/mol. The van der Waals surface area contributed by atoms with Crippen LogP contribution in [0.25, 0.3) is 0 Å². The molecule has 0 bridgehead atoms. The van der Waals surface area contributed by atoms with E-state index >= 15 is 0 Å². The summed E-state index contributed by atoms with van der Waals surface area (Å²) in [6.45, 7) is 13.1. The number of hydrogen-bond donors (Lipinski definition) is 1. The van der Waals surface area contributed by atoms with Crippen LogP contribution in [0.1, 0.15) is 62.4 Å². The number of carbonyl (C=O) groups is 2. The summed E-state index contributed by atoms with van der Waals surface area (Å²) in [5.74, 6) is 0.546. The van der Waals surface area contributed by atoms with Crippen molar-refractivity contribution in [1.82, 2.24) is 5.32 Å². The zero-order valence-corrected chi connectivity index (χ0v) is 18.8. The fourth-order valence-corrected chi connectivity index (χ4v) is 4.01. The Balaban J connectivity index is 1.66.